The highest BCUT2D eigenvalue weighted by Crippen LogP contribution is 2.13. The van der Waals surface area contributed by atoms with Crippen molar-refractivity contribution in [3.8, 4) is 5.75 Å². The lowest BCUT2D eigenvalue weighted by Crippen LogP contribution is -2.50. The zero-order valence-corrected chi connectivity index (χ0v) is 12.7. The number of nitrogens with one attached hydrogen (secondary N) is 1. The average Bonchev–Trinajstić information content (AvgIpc) is 2.42. The van der Waals surface area contributed by atoms with Gasteiger partial charge in [0.15, 0.2) is 0 Å². The van der Waals surface area contributed by atoms with Crippen LogP contribution in [0.5, 0.6) is 5.75 Å². The normalized spacial score (nSPS) is 11.3. The number of unbranched alkanes of at least 4 members (excludes halogenated alkanes) is 2. The van der Waals surface area contributed by atoms with E-state index in [1.165, 1.54) is 12.8 Å². The lowest BCUT2D eigenvalue weighted by molar-refractivity contribution is -0.123. The van der Waals surface area contributed by atoms with E-state index in [-0.39, 0.29) is 5.91 Å². The number of carbonyl (C=O) groups is 1. The van der Waals surface area contributed by atoms with Crippen molar-refractivity contribution in [2.75, 3.05) is 6.61 Å². The monoisotopic (exact) mass is 278 g/mol. The predicted octanol–water partition coefficient (Wildman–Crippen LogP) is 2.61. The number of hydrogen-bond donors (Lipinski definition) is 2. The molecule has 20 heavy (non-hydrogen) atoms. The van der Waals surface area contributed by atoms with Gasteiger partial charge < -0.3 is 10.5 Å². The molecular weight excluding hydrogens is 252 g/mol. The van der Waals surface area contributed by atoms with Crippen LogP contribution in [0, 0.1) is 0 Å². The molecule has 0 bridgehead atoms. The number of nitrogens with two attached hydrogens (primary N) is 1. The van der Waals surface area contributed by atoms with Crippen LogP contribution < -0.4 is 15.8 Å². The Morgan fingerprint density at radius 1 is 1.25 bits per heavy atom. The Kier molecular flexibility index (Phi) is 6.52. The molecule has 1 rings (SSSR count). The number of benzene rings is 1. The molecule has 0 atom stereocenters. The molecule has 0 fully saturated rings. The number of rotatable bonds is 9. The summed E-state index contributed by atoms with van der Waals surface area (Å²) in [5.41, 5.74) is 5.71. The van der Waals surface area contributed by atoms with Gasteiger partial charge in [0.2, 0.25) is 5.91 Å². The Balaban J connectivity index is 2.41. The van der Waals surface area contributed by atoms with Gasteiger partial charge in [0, 0.05) is 6.54 Å². The third kappa shape index (κ3) is 5.61. The molecular formula is C16H26N2O2. The summed E-state index contributed by atoms with van der Waals surface area (Å²) in [6.45, 7) is 7.10. The molecule has 4 heteroatoms. The summed E-state index contributed by atoms with van der Waals surface area (Å²) in [4.78, 5) is 11.2. The van der Waals surface area contributed by atoms with Crippen LogP contribution >= 0.6 is 0 Å². The molecule has 1 aromatic rings. The van der Waals surface area contributed by atoms with E-state index in [4.69, 9.17) is 10.5 Å². The van der Waals surface area contributed by atoms with Crippen LogP contribution in [0.4, 0.5) is 0 Å². The van der Waals surface area contributed by atoms with E-state index in [0.717, 1.165) is 24.3 Å². The Labute approximate surface area is 121 Å². The first-order valence-corrected chi connectivity index (χ1v) is 7.22. The minimum atomic E-state index is -0.699. The van der Waals surface area contributed by atoms with Crippen molar-refractivity contribution in [2.45, 2.75) is 52.1 Å². The number of carbonyl (C=O) groups excluding carboxylic acids is 1. The molecule has 0 spiro atoms. The highest BCUT2D eigenvalue weighted by Gasteiger charge is 2.23. The van der Waals surface area contributed by atoms with Crippen LogP contribution in [0.3, 0.4) is 0 Å². The van der Waals surface area contributed by atoms with E-state index in [2.05, 4.69) is 12.2 Å². The molecule has 3 N–H and O–H groups in total. The molecule has 1 aromatic carbocycles. The maximum absolute atomic E-state index is 11.2. The summed E-state index contributed by atoms with van der Waals surface area (Å²) >= 11 is 0. The molecule has 0 aromatic heterocycles. The second-order valence-electron chi connectivity index (χ2n) is 5.54. The van der Waals surface area contributed by atoms with Gasteiger partial charge in [0.25, 0.3) is 0 Å². The second kappa shape index (κ2) is 7.90. The van der Waals surface area contributed by atoms with Gasteiger partial charge in [0.1, 0.15) is 5.75 Å². The van der Waals surface area contributed by atoms with Gasteiger partial charge in [-0.1, -0.05) is 31.9 Å². The molecule has 4 nitrogen and oxygen atoms in total. The van der Waals surface area contributed by atoms with Gasteiger partial charge in [0.05, 0.1) is 12.1 Å². The van der Waals surface area contributed by atoms with Crippen molar-refractivity contribution < 1.29 is 9.53 Å². The molecule has 112 valence electrons. The lowest BCUT2D eigenvalue weighted by atomic mass is 10.0. The zero-order valence-electron chi connectivity index (χ0n) is 12.7. The van der Waals surface area contributed by atoms with Crippen LogP contribution in [0.1, 0.15) is 45.6 Å². The first-order chi connectivity index (χ1) is 9.45. The van der Waals surface area contributed by atoms with E-state index in [1.54, 1.807) is 13.8 Å². The van der Waals surface area contributed by atoms with Crippen molar-refractivity contribution in [2.24, 2.45) is 5.73 Å². The highest BCUT2D eigenvalue weighted by molar-refractivity contribution is 5.83. The van der Waals surface area contributed by atoms with Crippen molar-refractivity contribution in [1.29, 1.82) is 0 Å². The van der Waals surface area contributed by atoms with Gasteiger partial charge >= 0.3 is 0 Å². The van der Waals surface area contributed by atoms with E-state index >= 15 is 0 Å². The van der Waals surface area contributed by atoms with Crippen molar-refractivity contribution in [3.63, 3.8) is 0 Å². The van der Waals surface area contributed by atoms with E-state index in [0.29, 0.717) is 6.54 Å². The minimum Gasteiger partial charge on any atom is -0.494 e. The molecule has 0 aliphatic rings. The van der Waals surface area contributed by atoms with Crippen LogP contribution in [0.15, 0.2) is 24.3 Å². The smallest absolute Gasteiger partial charge is 0.237 e. The Hall–Kier alpha value is -1.55. The Bertz CT molecular complexity index is 413. The summed E-state index contributed by atoms with van der Waals surface area (Å²) in [6, 6.07) is 7.92. The van der Waals surface area contributed by atoms with Gasteiger partial charge in [-0.3, -0.25) is 10.1 Å². The molecule has 0 aliphatic carbocycles. The topological polar surface area (TPSA) is 64.3 Å². The van der Waals surface area contributed by atoms with Crippen molar-refractivity contribution in [3.05, 3.63) is 29.8 Å². The van der Waals surface area contributed by atoms with E-state index < -0.39 is 5.54 Å². The first-order valence-electron chi connectivity index (χ1n) is 7.22. The number of ether oxygens (including phenoxy) is 1. The summed E-state index contributed by atoms with van der Waals surface area (Å²) in [7, 11) is 0. The van der Waals surface area contributed by atoms with E-state index in [9.17, 15) is 4.79 Å². The third-order valence-corrected chi connectivity index (χ3v) is 3.29. The molecule has 0 aliphatic heterocycles. The summed E-state index contributed by atoms with van der Waals surface area (Å²) in [5.74, 6) is 0.535. The van der Waals surface area contributed by atoms with Crippen LogP contribution in [0.2, 0.25) is 0 Å². The first kappa shape index (κ1) is 16.5. The van der Waals surface area contributed by atoms with Crippen LogP contribution in [-0.2, 0) is 11.3 Å². The number of primary amides is 1. The summed E-state index contributed by atoms with van der Waals surface area (Å²) in [5, 5.41) is 3.14. The molecule has 0 unspecified atom stereocenters. The Morgan fingerprint density at radius 2 is 1.90 bits per heavy atom. The van der Waals surface area contributed by atoms with Crippen molar-refractivity contribution in [1.82, 2.24) is 5.32 Å². The van der Waals surface area contributed by atoms with Crippen LogP contribution in [-0.4, -0.2) is 18.1 Å². The number of hydrogen-bond acceptors (Lipinski definition) is 3. The Morgan fingerprint density at radius 3 is 2.45 bits per heavy atom. The second-order valence-corrected chi connectivity index (χ2v) is 5.54. The molecule has 0 saturated carbocycles. The highest BCUT2D eigenvalue weighted by atomic mass is 16.5. The van der Waals surface area contributed by atoms with Crippen molar-refractivity contribution >= 4 is 5.91 Å². The van der Waals surface area contributed by atoms with Gasteiger partial charge in [-0.05, 0) is 38.0 Å². The van der Waals surface area contributed by atoms with Gasteiger partial charge in [-0.25, -0.2) is 0 Å². The van der Waals surface area contributed by atoms with Gasteiger partial charge in [-0.2, -0.15) is 0 Å². The largest absolute Gasteiger partial charge is 0.494 e. The maximum atomic E-state index is 11.2. The fraction of sp³-hybridized carbons (Fsp3) is 0.562. The SMILES string of the molecule is CCCCCOc1ccc(CNC(C)(C)C(N)=O)cc1. The molecule has 0 heterocycles. The quantitative estimate of drug-likeness (QED) is 0.682. The fourth-order valence-electron chi connectivity index (χ4n) is 1.66. The minimum absolute atomic E-state index is 0.353. The van der Waals surface area contributed by atoms with Crippen LogP contribution in [0.25, 0.3) is 0 Å². The maximum Gasteiger partial charge on any atom is 0.237 e. The van der Waals surface area contributed by atoms with Gasteiger partial charge in [-0.15, -0.1) is 0 Å². The third-order valence-electron chi connectivity index (χ3n) is 3.29. The van der Waals surface area contributed by atoms with E-state index in [1.807, 2.05) is 24.3 Å². The lowest BCUT2D eigenvalue weighted by Gasteiger charge is -2.22. The molecule has 1 amide bonds. The predicted molar refractivity (Wildman–Crippen MR) is 81.6 cm³/mol. The zero-order chi connectivity index (χ0) is 15.0. The average molecular weight is 278 g/mol. The fourth-order valence-corrected chi connectivity index (χ4v) is 1.66. The number of amides is 1. The molecule has 0 saturated heterocycles. The molecule has 0 radical (unpaired) electrons. The summed E-state index contributed by atoms with van der Waals surface area (Å²) in [6.07, 6.45) is 3.49. The summed E-state index contributed by atoms with van der Waals surface area (Å²) < 4.78 is 5.65. The standard InChI is InChI=1S/C16H26N2O2/c1-4-5-6-11-20-14-9-7-13(8-10-14)12-18-16(2,3)15(17)19/h7-10,18H,4-6,11-12H2,1-3H3,(H2,17,19).